The number of thioether (sulfide) groups is 1. The molecule has 3 heteroatoms. The van der Waals surface area contributed by atoms with E-state index in [1.54, 1.807) is 0 Å². The van der Waals surface area contributed by atoms with Crippen molar-refractivity contribution in [3.8, 4) is 11.8 Å². The Labute approximate surface area is 147 Å². The Bertz CT molecular complexity index is 370. The number of ether oxygens (including phenoxy) is 1. The molecule has 0 aromatic heterocycles. The molecule has 0 N–H and O–H groups in total. The molecule has 0 spiro atoms. The second kappa shape index (κ2) is 13.8. The zero-order valence-electron chi connectivity index (χ0n) is 15.1. The van der Waals surface area contributed by atoms with E-state index in [2.05, 4.69) is 35.3 Å². The number of carbonyl (C=O) groups excluding carboxylic acids is 1. The van der Waals surface area contributed by atoms with Crippen molar-refractivity contribution < 1.29 is 9.53 Å². The van der Waals surface area contributed by atoms with Gasteiger partial charge in [-0.25, -0.2) is 4.79 Å². The van der Waals surface area contributed by atoms with Gasteiger partial charge in [-0.15, -0.1) is 0 Å². The summed E-state index contributed by atoms with van der Waals surface area (Å²) in [6.07, 6.45) is 16.0. The summed E-state index contributed by atoms with van der Waals surface area (Å²) in [5.41, 5.74) is 0. The van der Waals surface area contributed by atoms with Gasteiger partial charge in [-0.1, -0.05) is 57.8 Å². The molecule has 2 atom stereocenters. The monoisotopic (exact) mass is 338 g/mol. The predicted octanol–water partition coefficient (Wildman–Crippen LogP) is 5.60. The van der Waals surface area contributed by atoms with Gasteiger partial charge in [-0.05, 0) is 37.4 Å². The minimum absolute atomic E-state index is 0.424. The van der Waals surface area contributed by atoms with Gasteiger partial charge in [0.2, 0.25) is 0 Å². The van der Waals surface area contributed by atoms with Crippen LogP contribution < -0.4 is 0 Å². The summed E-state index contributed by atoms with van der Waals surface area (Å²) in [4.78, 5) is 10.9. The van der Waals surface area contributed by atoms with Crippen LogP contribution in [0.5, 0.6) is 0 Å². The highest BCUT2D eigenvalue weighted by Gasteiger charge is 2.26. The normalized spacial score (nSPS) is 20.1. The van der Waals surface area contributed by atoms with Crippen LogP contribution >= 0.6 is 11.8 Å². The topological polar surface area (TPSA) is 26.3 Å². The average molecular weight is 339 g/mol. The molecule has 0 heterocycles. The minimum atomic E-state index is -0.424. The van der Waals surface area contributed by atoms with Crippen molar-refractivity contribution in [1.29, 1.82) is 0 Å². The molecule has 1 fully saturated rings. The van der Waals surface area contributed by atoms with E-state index < -0.39 is 5.97 Å². The first-order valence-corrected chi connectivity index (χ1v) is 10.5. The number of hydrogen-bond acceptors (Lipinski definition) is 3. The van der Waals surface area contributed by atoms with Crippen LogP contribution in [0.25, 0.3) is 0 Å². The van der Waals surface area contributed by atoms with E-state index in [0.717, 1.165) is 24.0 Å². The lowest BCUT2D eigenvalue weighted by molar-refractivity contribution is -0.133. The second-order valence-electron chi connectivity index (χ2n) is 6.55. The standard InChI is InChI=1S/C20H34O2S/c1-3-4-5-6-7-9-13-18-14-12-15-19(18)23-17-11-8-10-16-20(21)22-2/h18-19H,3-9,11-15,17H2,1-2H3/t18-,19-/m0/s1. The molecule has 1 aliphatic carbocycles. The SMILES string of the molecule is CCCCCCCC[C@H]1CCC[C@@H]1SCCCC#CC(=O)OC. The predicted molar refractivity (Wildman–Crippen MR) is 101 cm³/mol. The molecule has 0 aromatic carbocycles. The molecule has 0 saturated heterocycles. The summed E-state index contributed by atoms with van der Waals surface area (Å²) in [6, 6.07) is 0. The number of methoxy groups -OCH3 is 1. The van der Waals surface area contributed by atoms with Crippen LogP contribution in [0.1, 0.15) is 84.0 Å². The van der Waals surface area contributed by atoms with Crippen LogP contribution in [0.4, 0.5) is 0 Å². The fraction of sp³-hybridized carbons (Fsp3) is 0.850. The van der Waals surface area contributed by atoms with E-state index in [-0.39, 0.29) is 0 Å². The molecule has 2 nitrogen and oxygen atoms in total. The van der Waals surface area contributed by atoms with E-state index in [9.17, 15) is 4.79 Å². The first kappa shape index (κ1) is 20.4. The van der Waals surface area contributed by atoms with Crippen molar-refractivity contribution in [1.82, 2.24) is 0 Å². The molecular weight excluding hydrogens is 304 g/mol. The number of rotatable bonds is 11. The molecule has 0 aliphatic heterocycles. The van der Waals surface area contributed by atoms with Gasteiger partial charge in [0.05, 0.1) is 7.11 Å². The molecular formula is C20H34O2S. The highest BCUT2D eigenvalue weighted by molar-refractivity contribution is 7.99. The maximum Gasteiger partial charge on any atom is 0.384 e. The van der Waals surface area contributed by atoms with Crippen molar-refractivity contribution in [2.75, 3.05) is 12.9 Å². The molecule has 0 unspecified atom stereocenters. The highest BCUT2D eigenvalue weighted by atomic mass is 32.2. The van der Waals surface area contributed by atoms with Gasteiger partial charge in [-0.3, -0.25) is 0 Å². The van der Waals surface area contributed by atoms with E-state index in [4.69, 9.17) is 0 Å². The van der Waals surface area contributed by atoms with Crippen molar-refractivity contribution in [3.05, 3.63) is 0 Å². The third-order valence-electron chi connectivity index (χ3n) is 4.67. The summed E-state index contributed by atoms with van der Waals surface area (Å²) < 4.78 is 4.50. The molecule has 23 heavy (non-hydrogen) atoms. The Morgan fingerprint density at radius 2 is 1.91 bits per heavy atom. The van der Waals surface area contributed by atoms with Crippen LogP contribution in [0.2, 0.25) is 0 Å². The first-order chi connectivity index (χ1) is 11.3. The Balaban J connectivity index is 2.06. The quantitative estimate of drug-likeness (QED) is 0.212. The molecule has 0 amide bonds. The van der Waals surface area contributed by atoms with E-state index >= 15 is 0 Å². The van der Waals surface area contributed by atoms with Gasteiger partial charge in [0.15, 0.2) is 0 Å². The molecule has 1 rings (SSSR count). The summed E-state index contributed by atoms with van der Waals surface area (Å²) in [7, 11) is 1.37. The van der Waals surface area contributed by atoms with Crippen molar-refractivity contribution in [2.45, 2.75) is 89.2 Å². The number of esters is 1. The molecule has 132 valence electrons. The lowest BCUT2D eigenvalue weighted by atomic mass is 9.99. The van der Waals surface area contributed by atoms with Gasteiger partial charge >= 0.3 is 5.97 Å². The van der Waals surface area contributed by atoms with Gasteiger partial charge in [0.25, 0.3) is 0 Å². The van der Waals surface area contributed by atoms with Crippen molar-refractivity contribution >= 4 is 17.7 Å². The van der Waals surface area contributed by atoms with Crippen LogP contribution in [-0.2, 0) is 9.53 Å². The third-order valence-corrected chi connectivity index (χ3v) is 6.24. The van der Waals surface area contributed by atoms with E-state index in [0.29, 0.717) is 0 Å². The molecule has 0 aromatic rings. The lowest BCUT2D eigenvalue weighted by Crippen LogP contribution is -2.10. The Morgan fingerprint density at radius 3 is 2.70 bits per heavy atom. The molecule has 1 saturated carbocycles. The minimum Gasteiger partial charge on any atom is -0.459 e. The van der Waals surface area contributed by atoms with Gasteiger partial charge in [-0.2, -0.15) is 11.8 Å². The Morgan fingerprint density at radius 1 is 1.13 bits per heavy atom. The average Bonchev–Trinajstić information content (AvgIpc) is 3.01. The number of unbranched alkanes of at least 4 members (excludes halogenated alkanes) is 6. The van der Waals surface area contributed by atoms with Crippen LogP contribution in [-0.4, -0.2) is 24.1 Å². The zero-order valence-corrected chi connectivity index (χ0v) is 15.9. The third kappa shape index (κ3) is 9.97. The maximum absolute atomic E-state index is 10.9. The fourth-order valence-electron chi connectivity index (χ4n) is 3.32. The number of hydrogen-bond donors (Lipinski definition) is 0. The van der Waals surface area contributed by atoms with Gasteiger partial charge < -0.3 is 4.74 Å². The first-order valence-electron chi connectivity index (χ1n) is 9.46. The molecule has 0 bridgehead atoms. The van der Waals surface area contributed by atoms with Crippen molar-refractivity contribution in [2.24, 2.45) is 5.92 Å². The van der Waals surface area contributed by atoms with Crippen molar-refractivity contribution in [3.63, 3.8) is 0 Å². The van der Waals surface area contributed by atoms with Gasteiger partial charge in [0, 0.05) is 17.6 Å². The highest BCUT2D eigenvalue weighted by Crippen LogP contribution is 2.38. The fourth-order valence-corrected chi connectivity index (χ4v) is 4.81. The largest absolute Gasteiger partial charge is 0.459 e. The van der Waals surface area contributed by atoms with Crippen LogP contribution in [0.15, 0.2) is 0 Å². The Kier molecular flexibility index (Phi) is 12.2. The van der Waals surface area contributed by atoms with Crippen LogP contribution in [0, 0.1) is 17.8 Å². The van der Waals surface area contributed by atoms with Crippen LogP contribution in [0.3, 0.4) is 0 Å². The maximum atomic E-state index is 10.9. The molecule has 1 aliphatic rings. The Hall–Kier alpha value is -0.620. The summed E-state index contributed by atoms with van der Waals surface area (Å²) in [5.74, 6) is 7.09. The summed E-state index contributed by atoms with van der Waals surface area (Å²) >= 11 is 2.14. The lowest BCUT2D eigenvalue weighted by Gasteiger charge is -2.19. The zero-order chi connectivity index (χ0) is 16.8. The number of carbonyl (C=O) groups is 1. The van der Waals surface area contributed by atoms with Gasteiger partial charge in [0.1, 0.15) is 0 Å². The summed E-state index contributed by atoms with van der Waals surface area (Å²) in [5, 5.41) is 0.874. The smallest absolute Gasteiger partial charge is 0.384 e. The molecule has 0 radical (unpaired) electrons. The van der Waals surface area contributed by atoms with E-state index in [1.807, 2.05) is 0 Å². The van der Waals surface area contributed by atoms with E-state index in [1.165, 1.54) is 77.1 Å². The summed E-state index contributed by atoms with van der Waals surface area (Å²) in [6.45, 7) is 2.28. The second-order valence-corrected chi connectivity index (χ2v) is 7.90.